The Bertz CT molecular complexity index is 644. The normalized spacial score (nSPS) is 9.90. The molecule has 0 radical (unpaired) electrons. The first kappa shape index (κ1) is 14.3. The SMILES string of the molecule is O=C(NC(=O)c1cccnc1Cl)Nc1ccc(Cl)cc1. The molecule has 2 aromatic rings. The Kier molecular flexibility index (Phi) is 4.55. The molecule has 0 aliphatic carbocycles. The second-order valence-corrected chi connectivity index (χ2v) is 4.55. The number of amides is 3. The third-order valence-corrected chi connectivity index (χ3v) is 2.89. The van der Waals surface area contributed by atoms with E-state index in [1.54, 1.807) is 30.3 Å². The van der Waals surface area contributed by atoms with E-state index in [0.29, 0.717) is 10.7 Å². The molecule has 0 bridgehead atoms. The summed E-state index contributed by atoms with van der Waals surface area (Å²) in [5.74, 6) is -0.630. The number of carbonyl (C=O) groups is 2. The van der Waals surface area contributed by atoms with E-state index in [4.69, 9.17) is 23.2 Å². The third-order valence-electron chi connectivity index (χ3n) is 2.33. The summed E-state index contributed by atoms with van der Waals surface area (Å²) in [5.41, 5.74) is 0.636. The van der Waals surface area contributed by atoms with Crippen LogP contribution in [0.5, 0.6) is 0 Å². The monoisotopic (exact) mass is 309 g/mol. The lowest BCUT2D eigenvalue weighted by atomic mass is 10.3. The molecule has 0 saturated heterocycles. The number of benzene rings is 1. The predicted molar refractivity (Wildman–Crippen MR) is 77.2 cm³/mol. The van der Waals surface area contributed by atoms with Crippen LogP contribution in [0, 0.1) is 0 Å². The quantitative estimate of drug-likeness (QED) is 0.836. The van der Waals surface area contributed by atoms with Crippen molar-refractivity contribution in [1.82, 2.24) is 10.3 Å². The number of hydrogen-bond acceptors (Lipinski definition) is 3. The highest BCUT2D eigenvalue weighted by atomic mass is 35.5. The van der Waals surface area contributed by atoms with Crippen molar-refractivity contribution in [2.75, 3.05) is 5.32 Å². The minimum Gasteiger partial charge on any atom is -0.308 e. The molecule has 0 saturated carbocycles. The minimum atomic E-state index is -0.669. The standard InChI is InChI=1S/C13H9Cl2N3O2/c14-8-3-5-9(6-4-8)17-13(20)18-12(19)10-2-1-7-16-11(10)15/h1-7H,(H2,17,18,19,20). The Morgan fingerprint density at radius 2 is 1.75 bits per heavy atom. The lowest BCUT2D eigenvalue weighted by molar-refractivity contribution is 0.0967. The molecular weight excluding hydrogens is 301 g/mol. The zero-order chi connectivity index (χ0) is 14.5. The summed E-state index contributed by atoms with van der Waals surface area (Å²) in [5, 5.41) is 5.23. The van der Waals surface area contributed by atoms with E-state index >= 15 is 0 Å². The van der Waals surface area contributed by atoms with Crippen molar-refractivity contribution < 1.29 is 9.59 Å². The maximum atomic E-state index is 11.8. The van der Waals surface area contributed by atoms with Gasteiger partial charge in [0.1, 0.15) is 5.15 Å². The fourth-order valence-electron chi connectivity index (χ4n) is 1.42. The van der Waals surface area contributed by atoms with Gasteiger partial charge in [0.05, 0.1) is 5.56 Å². The van der Waals surface area contributed by atoms with Gasteiger partial charge in [0, 0.05) is 16.9 Å². The van der Waals surface area contributed by atoms with Gasteiger partial charge in [0.2, 0.25) is 0 Å². The smallest absolute Gasteiger partial charge is 0.308 e. The average Bonchev–Trinajstić information content (AvgIpc) is 2.41. The molecule has 20 heavy (non-hydrogen) atoms. The first-order chi connectivity index (χ1) is 9.56. The van der Waals surface area contributed by atoms with Gasteiger partial charge in [0.25, 0.3) is 5.91 Å². The highest BCUT2D eigenvalue weighted by Crippen LogP contribution is 2.14. The molecule has 0 atom stereocenters. The van der Waals surface area contributed by atoms with Gasteiger partial charge in [-0.3, -0.25) is 10.1 Å². The highest BCUT2D eigenvalue weighted by molar-refractivity contribution is 6.33. The van der Waals surface area contributed by atoms with Crippen molar-refractivity contribution in [3.05, 3.63) is 58.3 Å². The van der Waals surface area contributed by atoms with Gasteiger partial charge in [-0.1, -0.05) is 23.2 Å². The van der Waals surface area contributed by atoms with E-state index in [9.17, 15) is 9.59 Å². The predicted octanol–water partition coefficient (Wildman–Crippen LogP) is 3.35. The second-order valence-electron chi connectivity index (χ2n) is 3.76. The third kappa shape index (κ3) is 3.69. The van der Waals surface area contributed by atoms with Crippen LogP contribution in [-0.2, 0) is 0 Å². The number of halogens is 2. The van der Waals surface area contributed by atoms with Gasteiger partial charge in [-0.2, -0.15) is 0 Å². The van der Waals surface area contributed by atoms with Crippen LogP contribution in [0.15, 0.2) is 42.6 Å². The van der Waals surface area contributed by atoms with Crippen LogP contribution >= 0.6 is 23.2 Å². The Hall–Kier alpha value is -2.11. The fourth-order valence-corrected chi connectivity index (χ4v) is 1.75. The lowest BCUT2D eigenvalue weighted by Gasteiger charge is -2.07. The van der Waals surface area contributed by atoms with Gasteiger partial charge >= 0.3 is 6.03 Å². The zero-order valence-electron chi connectivity index (χ0n) is 10.1. The van der Waals surface area contributed by atoms with Crippen LogP contribution in [-0.4, -0.2) is 16.9 Å². The number of nitrogens with one attached hydrogen (secondary N) is 2. The van der Waals surface area contributed by atoms with Crippen molar-refractivity contribution in [3.63, 3.8) is 0 Å². The van der Waals surface area contributed by atoms with Crippen molar-refractivity contribution in [2.45, 2.75) is 0 Å². The highest BCUT2D eigenvalue weighted by Gasteiger charge is 2.13. The van der Waals surface area contributed by atoms with Crippen LogP contribution in [0.25, 0.3) is 0 Å². The maximum absolute atomic E-state index is 11.8. The maximum Gasteiger partial charge on any atom is 0.326 e. The van der Waals surface area contributed by atoms with Crippen LogP contribution in [0.1, 0.15) is 10.4 Å². The van der Waals surface area contributed by atoms with Crippen LogP contribution in [0.2, 0.25) is 10.2 Å². The molecular formula is C13H9Cl2N3O2. The molecule has 1 aromatic carbocycles. The molecule has 2 rings (SSSR count). The number of nitrogens with zero attached hydrogens (tertiary/aromatic N) is 1. The van der Waals surface area contributed by atoms with Gasteiger partial charge < -0.3 is 5.32 Å². The number of carbonyl (C=O) groups excluding carboxylic acids is 2. The zero-order valence-corrected chi connectivity index (χ0v) is 11.6. The molecule has 0 fully saturated rings. The molecule has 1 heterocycles. The number of rotatable bonds is 2. The van der Waals surface area contributed by atoms with E-state index in [0.717, 1.165) is 0 Å². The first-order valence-corrected chi connectivity index (χ1v) is 6.30. The molecule has 7 heteroatoms. The van der Waals surface area contributed by atoms with Gasteiger partial charge in [-0.05, 0) is 36.4 Å². The Labute approximate surface area is 124 Å². The molecule has 0 spiro atoms. The molecule has 5 nitrogen and oxygen atoms in total. The summed E-state index contributed by atoms with van der Waals surface area (Å²) in [6.07, 6.45) is 1.45. The summed E-state index contributed by atoms with van der Waals surface area (Å²) in [6, 6.07) is 8.83. The van der Waals surface area contributed by atoms with Crippen molar-refractivity contribution in [1.29, 1.82) is 0 Å². The Balaban J connectivity index is 2.00. The van der Waals surface area contributed by atoms with Crippen molar-refractivity contribution in [2.24, 2.45) is 0 Å². The van der Waals surface area contributed by atoms with Crippen LogP contribution in [0.4, 0.5) is 10.5 Å². The molecule has 3 amide bonds. The Morgan fingerprint density at radius 1 is 1.05 bits per heavy atom. The van der Waals surface area contributed by atoms with Crippen molar-refractivity contribution in [3.8, 4) is 0 Å². The second kappa shape index (κ2) is 6.36. The topological polar surface area (TPSA) is 71.1 Å². The summed E-state index contributed by atoms with van der Waals surface area (Å²) < 4.78 is 0. The summed E-state index contributed by atoms with van der Waals surface area (Å²) in [7, 11) is 0. The molecule has 0 aliphatic rings. The number of pyridine rings is 1. The number of urea groups is 1. The van der Waals surface area contributed by atoms with E-state index in [2.05, 4.69) is 15.6 Å². The lowest BCUT2D eigenvalue weighted by Crippen LogP contribution is -2.34. The largest absolute Gasteiger partial charge is 0.326 e. The molecule has 102 valence electrons. The van der Waals surface area contributed by atoms with Crippen LogP contribution in [0.3, 0.4) is 0 Å². The number of aromatic nitrogens is 1. The van der Waals surface area contributed by atoms with Crippen LogP contribution < -0.4 is 10.6 Å². The summed E-state index contributed by atoms with van der Waals surface area (Å²) in [6.45, 7) is 0. The van der Waals surface area contributed by atoms with Crippen molar-refractivity contribution >= 4 is 40.8 Å². The summed E-state index contributed by atoms with van der Waals surface area (Å²) in [4.78, 5) is 27.2. The van der Waals surface area contributed by atoms with E-state index in [-0.39, 0.29) is 10.7 Å². The number of anilines is 1. The average molecular weight is 310 g/mol. The first-order valence-electron chi connectivity index (χ1n) is 5.54. The minimum absolute atomic E-state index is 0.0318. The van der Waals surface area contributed by atoms with Gasteiger partial charge in [-0.15, -0.1) is 0 Å². The Morgan fingerprint density at radius 3 is 2.40 bits per heavy atom. The molecule has 0 unspecified atom stereocenters. The van der Waals surface area contributed by atoms with E-state index in [1.165, 1.54) is 12.3 Å². The molecule has 2 N–H and O–H groups in total. The van der Waals surface area contributed by atoms with Gasteiger partial charge in [-0.25, -0.2) is 9.78 Å². The molecule has 0 aliphatic heterocycles. The number of imide groups is 1. The fraction of sp³-hybridized carbons (Fsp3) is 0. The van der Waals surface area contributed by atoms with E-state index < -0.39 is 11.9 Å². The van der Waals surface area contributed by atoms with Gasteiger partial charge in [0.15, 0.2) is 0 Å². The number of hydrogen-bond donors (Lipinski definition) is 2. The molecule has 1 aromatic heterocycles. The summed E-state index contributed by atoms with van der Waals surface area (Å²) >= 11 is 11.5. The van der Waals surface area contributed by atoms with E-state index in [1.807, 2.05) is 0 Å².